The Morgan fingerprint density at radius 1 is 1.50 bits per heavy atom. The number of hydrogen-bond acceptors (Lipinski definition) is 1. The van der Waals surface area contributed by atoms with Gasteiger partial charge in [0, 0.05) is 18.6 Å². The van der Waals surface area contributed by atoms with E-state index in [1.807, 2.05) is 11.9 Å². The van der Waals surface area contributed by atoms with E-state index in [4.69, 9.17) is 6.42 Å². The minimum atomic E-state index is 0.0976. The first-order chi connectivity index (χ1) is 4.48. The minimum Gasteiger partial charge on any atom is -0.360 e. The maximum absolute atomic E-state index is 4.95. The van der Waals surface area contributed by atoms with Crippen LogP contribution in [0.2, 0.25) is 0 Å². The van der Waals surface area contributed by atoms with E-state index in [0.29, 0.717) is 0 Å². The van der Waals surface area contributed by atoms with Crippen molar-refractivity contribution < 1.29 is 0 Å². The summed E-state index contributed by atoms with van der Waals surface area (Å²) in [5, 5.41) is 0. The lowest BCUT2D eigenvalue weighted by Crippen LogP contribution is -2.36. The summed E-state index contributed by atoms with van der Waals surface area (Å²) in [6, 6.07) is 2.20. The van der Waals surface area contributed by atoms with Crippen LogP contribution >= 0.6 is 0 Å². The second-order valence-electron chi connectivity index (χ2n) is 3.16. The van der Waals surface area contributed by atoms with E-state index >= 15 is 0 Å². The highest BCUT2D eigenvalue weighted by molar-refractivity contribution is 5.57. The molecule has 0 aliphatic rings. The van der Waals surface area contributed by atoms with Crippen LogP contribution < -0.4 is 0 Å². The molecule has 0 aromatic heterocycles. The van der Waals surface area contributed by atoms with Gasteiger partial charge in [0.25, 0.3) is 0 Å². The zero-order chi connectivity index (χ0) is 8.20. The first kappa shape index (κ1) is 9.03. The van der Waals surface area contributed by atoms with Crippen LogP contribution in [0.3, 0.4) is 0 Å². The van der Waals surface area contributed by atoms with Crippen LogP contribution in [0.15, 0.2) is 4.99 Å². The molecule has 56 valence electrons. The topological polar surface area (TPSA) is 15.6 Å². The van der Waals surface area contributed by atoms with Crippen LogP contribution in [0, 0.1) is 12.5 Å². The summed E-state index contributed by atoms with van der Waals surface area (Å²) in [7, 11) is 1.95. The summed E-state index contributed by atoms with van der Waals surface area (Å²) in [6.07, 6.45) is 6.60. The highest BCUT2D eigenvalue weighted by atomic mass is 15.2. The van der Waals surface area contributed by atoms with Crippen molar-refractivity contribution in [1.82, 2.24) is 4.90 Å². The van der Waals surface area contributed by atoms with Crippen LogP contribution in [-0.2, 0) is 0 Å². The van der Waals surface area contributed by atoms with Crippen LogP contribution in [-0.4, -0.2) is 23.8 Å². The summed E-state index contributed by atoms with van der Waals surface area (Å²) in [6.45, 7) is 6.28. The Morgan fingerprint density at radius 3 is 2.30 bits per heavy atom. The second-order valence-corrected chi connectivity index (χ2v) is 3.16. The molecule has 0 saturated heterocycles. The second kappa shape index (κ2) is 3.26. The molecule has 0 aromatic rings. The van der Waals surface area contributed by atoms with Gasteiger partial charge in [-0.25, -0.2) is 0 Å². The van der Waals surface area contributed by atoms with Crippen molar-refractivity contribution in [2.75, 3.05) is 7.05 Å². The third-order valence-corrected chi connectivity index (χ3v) is 1.36. The largest absolute Gasteiger partial charge is 0.360 e. The van der Waals surface area contributed by atoms with Gasteiger partial charge in [-0.2, -0.15) is 4.99 Å². The fraction of sp³-hybridized carbons (Fsp3) is 0.625. The molecule has 0 aliphatic carbocycles. The zero-order valence-electron chi connectivity index (χ0n) is 7.05. The van der Waals surface area contributed by atoms with Gasteiger partial charge in [-0.05, 0) is 20.8 Å². The lowest BCUT2D eigenvalue weighted by atomic mass is 10.1. The number of terminal acetylenes is 1. The molecule has 0 atom stereocenters. The van der Waals surface area contributed by atoms with Crippen molar-refractivity contribution in [2.24, 2.45) is 4.99 Å². The Bertz CT molecular complexity index is 157. The maximum Gasteiger partial charge on any atom is 0.102 e. The Labute approximate surface area is 62.9 Å². The molecule has 2 heteroatoms. The quantitative estimate of drug-likeness (QED) is 0.303. The van der Waals surface area contributed by atoms with Gasteiger partial charge in [0.05, 0.1) is 0 Å². The average molecular weight is 138 g/mol. The predicted octanol–water partition coefficient (Wildman–Crippen LogP) is 1.34. The number of nitrogens with zero attached hydrogens (tertiary/aromatic N) is 2. The van der Waals surface area contributed by atoms with E-state index in [0.717, 1.165) is 0 Å². The summed E-state index contributed by atoms with van der Waals surface area (Å²) >= 11 is 0. The molecule has 0 amide bonds. The van der Waals surface area contributed by atoms with Gasteiger partial charge in [-0.3, -0.25) is 0 Å². The molecule has 0 spiro atoms. The smallest absolute Gasteiger partial charge is 0.102 e. The molecule has 0 radical (unpaired) electrons. The van der Waals surface area contributed by atoms with Gasteiger partial charge >= 0.3 is 0 Å². The molecule has 0 rings (SSSR count). The highest BCUT2D eigenvalue weighted by Gasteiger charge is 2.12. The molecule has 0 N–H and O–H groups in total. The van der Waals surface area contributed by atoms with Crippen molar-refractivity contribution in [3.63, 3.8) is 0 Å². The molecule has 0 fully saturated rings. The summed E-state index contributed by atoms with van der Waals surface area (Å²) < 4.78 is 0. The monoisotopic (exact) mass is 138 g/mol. The molecule has 0 aliphatic heterocycles. The SMILES string of the molecule is C#C/N=C\N(C)C(C)(C)C. The van der Waals surface area contributed by atoms with Gasteiger partial charge in [-0.1, -0.05) is 6.42 Å². The zero-order valence-corrected chi connectivity index (χ0v) is 7.05. The normalized spacial score (nSPS) is 11.5. The third kappa shape index (κ3) is 3.13. The van der Waals surface area contributed by atoms with Crippen molar-refractivity contribution in [1.29, 1.82) is 0 Å². The Kier molecular flexibility index (Phi) is 2.95. The molecular formula is C8H14N2. The standard InChI is InChI=1S/C8H14N2/c1-6-9-7-10(5)8(2,3)4/h1,7H,2-5H3/b9-7-. The molecule has 2 nitrogen and oxygen atoms in total. The van der Waals surface area contributed by atoms with E-state index in [9.17, 15) is 0 Å². The first-order valence-electron chi connectivity index (χ1n) is 3.20. The van der Waals surface area contributed by atoms with Crippen molar-refractivity contribution in [2.45, 2.75) is 26.3 Å². The molecule has 0 unspecified atom stereocenters. The van der Waals surface area contributed by atoms with E-state index in [1.165, 1.54) is 0 Å². The molecular weight excluding hydrogens is 124 g/mol. The maximum atomic E-state index is 4.95. The molecule has 0 bridgehead atoms. The van der Waals surface area contributed by atoms with Crippen LogP contribution in [0.1, 0.15) is 20.8 Å². The van der Waals surface area contributed by atoms with Gasteiger partial charge < -0.3 is 4.90 Å². The van der Waals surface area contributed by atoms with Crippen molar-refractivity contribution >= 4 is 6.34 Å². The highest BCUT2D eigenvalue weighted by Crippen LogP contribution is 2.06. The molecule has 0 saturated carbocycles. The Balaban J connectivity index is 4.00. The van der Waals surface area contributed by atoms with E-state index in [1.54, 1.807) is 6.34 Å². The molecule has 0 heterocycles. The summed E-state index contributed by atoms with van der Waals surface area (Å²) in [4.78, 5) is 5.63. The van der Waals surface area contributed by atoms with Gasteiger partial charge in [-0.15, -0.1) is 0 Å². The van der Waals surface area contributed by atoms with Crippen molar-refractivity contribution in [3.8, 4) is 12.5 Å². The summed E-state index contributed by atoms with van der Waals surface area (Å²) in [5.41, 5.74) is 0.0976. The minimum absolute atomic E-state index is 0.0976. The lowest BCUT2D eigenvalue weighted by molar-refractivity contribution is 0.290. The van der Waals surface area contributed by atoms with Crippen molar-refractivity contribution in [3.05, 3.63) is 0 Å². The number of rotatable bonds is 1. The lowest BCUT2D eigenvalue weighted by Gasteiger charge is -2.29. The number of hydrogen-bond donors (Lipinski definition) is 0. The summed E-state index contributed by atoms with van der Waals surface area (Å²) in [5.74, 6) is 0. The van der Waals surface area contributed by atoms with E-state index < -0.39 is 0 Å². The fourth-order valence-corrected chi connectivity index (χ4v) is 0.293. The van der Waals surface area contributed by atoms with E-state index in [-0.39, 0.29) is 5.54 Å². The number of aliphatic imine (C=N–C) groups is 1. The van der Waals surface area contributed by atoms with E-state index in [2.05, 4.69) is 31.8 Å². The van der Waals surface area contributed by atoms with Gasteiger partial charge in [0.1, 0.15) is 6.34 Å². The van der Waals surface area contributed by atoms with Gasteiger partial charge in [0.2, 0.25) is 0 Å². The predicted molar refractivity (Wildman–Crippen MR) is 44.8 cm³/mol. The van der Waals surface area contributed by atoms with Crippen LogP contribution in [0.5, 0.6) is 0 Å². The Hall–Kier alpha value is -0.970. The average Bonchev–Trinajstić information content (AvgIpc) is 1.80. The fourth-order valence-electron chi connectivity index (χ4n) is 0.293. The third-order valence-electron chi connectivity index (χ3n) is 1.36. The first-order valence-corrected chi connectivity index (χ1v) is 3.20. The molecule has 10 heavy (non-hydrogen) atoms. The Morgan fingerprint density at radius 2 is 2.00 bits per heavy atom. The van der Waals surface area contributed by atoms with Crippen LogP contribution in [0.25, 0.3) is 0 Å². The van der Waals surface area contributed by atoms with Crippen LogP contribution in [0.4, 0.5) is 0 Å². The molecule has 0 aromatic carbocycles. The van der Waals surface area contributed by atoms with Gasteiger partial charge in [0.15, 0.2) is 0 Å².